The highest BCUT2D eigenvalue weighted by atomic mass is 16.1. The second kappa shape index (κ2) is 7.87. The zero-order valence-electron chi connectivity index (χ0n) is 12.9. The van der Waals surface area contributed by atoms with E-state index in [4.69, 9.17) is 5.73 Å². The number of nitrogens with one attached hydrogen (secondary N) is 2. The Bertz CT molecular complexity index is 415. The van der Waals surface area contributed by atoms with Gasteiger partial charge in [0.1, 0.15) is 0 Å². The number of nitrogens with two attached hydrogens (primary N) is 1. The van der Waals surface area contributed by atoms with Crippen LogP contribution in [0.4, 0.5) is 11.9 Å². The molecule has 0 bridgehead atoms. The van der Waals surface area contributed by atoms with Crippen LogP contribution in [0.3, 0.4) is 0 Å². The summed E-state index contributed by atoms with van der Waals surface area (Å²) in [6, 6.07) is -0.271. The van der Waals surface area contributed by atoms with Gasteiger partial charge in [-0.3, -0.25) is 4.79 Å². The number of unbranched alkanes of at least 4 members (excludes halogenated alkanes) is 1. The van der Waals surface area contributed by atoms with Gasteiger partial charge in [-0.15, -0.1) is 5.10 Å². The van der Waals surface area contributed by atoms with Crippen LogP contribution in [0.5, 0.6) is 0 Å². The number of nitrogens with zero attached hydrogens (tertiary/aromatic N) is 2. The standard InChI is InChI=1S/C14H27N5O/c1-5-7-8-10(6-2)12(20)11(9(3)4)16-14-17-13(15)18-19-14/h9-11H,5-8H2,1-4H3,(H4,15,16,17,18,19)/t10?,11-/m0/s1. The maximum atomic E-state index is 12.7. The van der Waals surface area contributed by atoms with Crippen molar-refractivity contribution >= 4 is 17.7 Å². The Hall–Kier alpha value is -1.59. The van der Waals surface area contributed by atoms with Crippen molar-refractivity contribution in [2.45, 2.75) is 59.4 Å². The van der Waals surface area contributed by atoms with Gasteiger partial charge in [-0.25, -0.2) is 5.10 Å². The molecule has 0 aliphatic heterocycles. The minimum atomic E-state index is -0.271. The fourth-order valence-electron chi connectivity index (χ4n) is 2.30. The molecule has 2 atom stereocenters. The molecule has 6 nitrogen and oxygen atoms in total. The summed E-state index contributed by atoms with van der Waals surface area (Å²) in [7, 11) is 0. The van der Waals surface area contributed by atoms with Gasteiger partial charge in [-0.1, -0.05) is 40.5 Å². The first-order chi connectivity index (χ1) is 9.49. The average Bonchev–Trinajstić information content (AvgIpc) is 2.81. The second-order valence-corrected chi connectivity index (χ2v) is 5.56. The molecule has 1 unspecified atom stereocenters. The van der Waals surface area contributed by atoms with E-state index in [1.807, 2.05) is 13.8 Å². The Labute approximate surface area is 120 Å². The molecule has 0 saturated carbocycles. The summed E-state index contributed by atoms with van der Waals surface area (Å²) in [4.78, 5) is 16.7. The third kappa shape index (κ3) is 4.51. The van der Waals surface area contributed by atoms with Crippen LogP contribution < -0.4 is 11.1 Å². The smallest absolute Gasteiger partial charge is 0.244 e. The molecule has 1 heterocycles. The second-order valence-electron chi connectivity index (χ2n) is 5.56. The molecule has 0 aliphatic rings. The number of H-pyrrole nitrogens is 1. The molecule has 1 rings (SSSR count). The summed E-state index contributed by atoms with van der Waals surface area (Å²) in [6.07, 6.45) is 4.02. The van der Waals surface area contributed by atoms with Gasteiger partial charge in [0.15, 0.2) is 5.78 Å². The molecule has 0 spiro atoms. The first-order valence-corrected chi connectivity index (χ1v) is 7.47. The lowest BCUT2D eigenvalue weighted by atomic mass is 9.86. The number of rotatable bonds is 9. The topological polar surface area (TPSA) is 96.7 Å². The summed E-state index contributed by atoms with van der Waals surface area (Å²) >= 11 is 0. The van der Waals surface area contributed by atoms with Gasteiger partial charge in [0.05, 0.1) is 6.04 Å². The van der Waals surface area contributed by atoms with Gasteiger partial charge < -0.3 is 11.1 Å². The minimum absolute atomic E-state index is 0.103. The van der Waals surface area contributed by atoms with E-state index in [9.17, 15) is 4.79 Å². The number of ketones is 1. The summed E-state index contributed by atoms with van der Waals surface area (Å²) < 4.78 is 0. The molecule has 0 aromatic carbocycles. The Morgan fingerprint density at radius 2 is 2.10 bits per heavy atom. The van der Waals surface area contributed by atoms with E-state index in [2.05, 4.69) is 34.3 Å². The van der Waals surface area contributed by atoms with E-state index in [0.29, 0.717) is 5.95 Å². The van der Waals surface area contributed by atoms with E-state index in [1.54, 1.807) is 0 Å². The first kappa shape index (κ1) is 16.5. The van der Waals surface area contributed by atoms with Gasteiger partial charge in [0.2, 0.25) is 11.9 Å². The van der Waals surface area contributed by atoms with Crippen LogP contribution in [-0.4, -0.2) is 27.0 Å². The molecule has 4 N–H and O–H groups in total. The van der Waals surface area contributed by atoms with Gasteiger partial charge in [-0.05, 0) is 18.8 Å². The molecule has 114 valence electrons. The van der Waals surface area contributed by atoms with Crippen LogP contribution in [0.15, 0.2) is 0 Å². The van der Waals surface area contributed by atoms with E-state index in [-0.39, 0.29) is 29.6 Å². The molecular weight excluding hydrogens is 254 g/mol. The largest absolute Gasteiger partial charge is 0.368 e. The number of hydrogen-bond acceptors (Lipinski definition) is 5. The summed E-state index contributed by atoms with van der Waals surface area (Å²) in [5.41, 5.74) is 5.50. The van der Waals surface area contributed by atoms with E-state index < -0.39 is 0 Å². The zero-order chi connectivity index (χ0) is 15.1. The normalized spacial score (nSPS) is 14.2. The zero-order valence-corrected chi connectivity index (χ0v) is 12.9. The van der Waals surface area contributed by atoms with Crippen molar-refractivity contribution < 1.29 is 4.79 Å². The molecule has 20 heavy (non-hydrogen) atoms. The van der Waals surface area contributed by atoms with Crippen molar-refractivity contribution in [3.8, 4) is 0 Å². The van der Waals surface area contributed by atoms with Crippen molar-refractivity contribution in [3.63, 3.8) is 0 Å². The highest BCUT2D eigenvalue weighted by Gasteiger charge is 2.28. The number of aromatic amines is 1. The van der Waals surface area contributed by atoms with Crippen LogP contribution in [0.25, 0.3) is 0 Å². The van der Waals surface area contributed by atoms with Gasteiger partial charge in [0.25, 0.3) is 0 Å². The van der Waals surface area contributed by atoms with Crippen molar-refractivity contribution in [2.24, 2.45) is 11.8 Å². The fourth-order valence-corrected chi connectivity index (χ4v) is 2.30. The minimum Gasteiger partial charge on any atom is -0.368 e. The summed E-state index contributed by atoms with van der Waals surface area (Å²) in [5.74, 6) is 1.17. The predicted octanol–water partition coefficient (Wildman–Crippen LogP) is 2.61. The molecule has 0 saturated heterocycles. The van der Waals surface area contributed by atoms with Crippen molar-refractivity contribution in [3.05, 3.63) is 0 Å². The SMILES string of the molecule is CCCCC(CC)C(=O)[C@@H](Nc1n[nH]c(N)n1)C(C)C. The third-order valence-corrected chi connectivity index (χ3v) is 3.56. The fraction of sp³-hybridized carbons (Fsp3) is 0.786. The van der Waals surface area contributed by atoms with Crippen LogP contribution in [0.1, 0.15) is 53.4 Å². The van der Waals surface area contributed by atoms with Crippen molar-refractivity contribution in [2.75, 3.05) is 11.1 Å². The Morgan fingerprint density at radius 3 is 2.55 bits per heavy atom. The van der Waals surface area contributed by atoms with E-state index >= 15 is 0 Å². The van der Waals surface area contributed by atoms with Gasteiger partial charge in [0, 0.05) is 5.92 Å². The number of carbonyl (C=O) groups excluding carboxylic acids is 1. The van der Waals surface area contributed by atoms with E-state index in [1.165, 1.54) is 0 Å². The van der Waals surface area contributed by atoms with Crippen molar-refractivity contribution in [1.29, 1.82) is 0 Å². The summed E-state index contributed by atoms with van der Waals surface area (Å²) in [6.45, 7) is 8.27. The lowest BCUT2D eigenvalue weighted by Crippen LogP contribution is -2.39. The Morgan fingerprint density at radius 1 is 1.40 bits per heavy atom. The highest BCUT2D eigenvalue weighted by Crippen LogP contribution is 2.20. The molecule has 0 amide bonds. The third-order valence-electron chi connectivity index (χ3n) is 3.56. The number of hydrogen-bond donors (Lipinski definition) is 3. The maximum absolute atomic E-state index is 12.7. The van der Waals surface area contributed by atoms with Crippen LogP contribution >= 0.6 is 0 Å². The van der Waals surface area contributed by atoms with Crippen LogP contribution in [0.2, 0.25) is 0 Å². The Kier molecular flexibility index (Phi) is 6.48. The molecule has 1 aromatic heterocycles. The van der Waals surface area contributed by atoms with Crippen LogP contribution in [-0.2, 0) is 4.79 Å². The lowest BCUT2D eigenvalue weighted by molar-refractivity contribution is -0.124. The van der Waals surface area contributed by atoms with Gasteiger partial charge >= 0.3 is 0 Å². The number of Topliss-reactive ketones (excluding diaryl/α,β-unsaturated/α-hetero) is 1. The average molecular weight is 281 g/mol. The Balaban J connectivity index is 2.75. The molecule has 6 heteroatoms. The number of aromatic nitrogens is 3. The first-order valence-electron chi connectivity index (χ1n) is 7.47. The lowest BCUT2D eigenvalue weighted by Gasteiger charge is -2.25. The number of carbonyl (C=O) groups is 1. The number of nitrogen functional groups attached to an aromatic ring is 1. The molecule has 0 fully saturated rings. The highest BCUT2D eigenvalue weighted by molar-refractivity contribution is 5.88. The predicted molar refractivity (Wildman–Crippen MR) is 81.4 cm³/mol. The summed E-state index contributed by atoms with van der Waals surface area (Å²) in [5, 5.41) is 9.62. The molecule has 1 aromatic rings. The number of anilines is 2. The molecule has 0 radical (unpaired) electrons. The molecule has 0 aliphatic carbocycles. The molecular formula is C14H27N5O. The monoisotopic (exact) mass is 281 g/mol. The quantitative estimate of drug-likeness (QED) is 0.646. The van der Waals surface area contributed by atoms with Crippen LogP contribution in [0, 0.1) is 11.8 Å². The maximum Gasteiger partial charge on any atom is 0.244 e. The van der Waals surface area contributed by atoms with E-state index in [0.717, 1.165) is 25.7 Å². The van der Waals surface area contributed by atoms with Crippen molar-refractivity contribution in [1.82, 2.24) is 15.2 Å². The van der Waals surface area contributed by atoms with Gasteiger partial charge in [-0.2, -0.15) is 4.98 Å².